The fourth-order valence-electron chi connectivity index (χ4n) is 3.90. The molecule has 31 heavy (non-hydrogen) atoms. The van der Waals surface area contributed by atoms with Gasteiger partial charge in [-0.15, -0.1) is 0 Å². The fourth-order valence-corrected chi connectivity index (χ4v) is 3.90. The fraction of sp³-hybridized carbons (Fsp3) is 0.591. The minimum Gasteiger partial charge on any atom is -0.350 e. The Labute approximate surface area is 183 Å². The van der Waals surface area contributed by atoms with E-state index in [1.807, 2.05) is 62.3 Å². The van der Waals surface area contributed by atoms with Crippen LogP contribution in [0.2, 0.25) is 0 Å². The van der Waals surface area contributed by atoms with Crippen LogP contribution in [0.25, 0.3) is 0 Å². The molecule has 9 heteroatoms. The van der Waals surface area contributed by atoms with Crippen LogP contribution in [0.5, 0.6) is 0 Å². The van der Waals surface area contributed by atoms with E-state index in [0.29, 0.717) is 43.3 Å². The summed E-state index contributed by atoms with van der Waals surface area (Å²) in [4.78, 5) is 38.3. The van der Waals surface area contributed by atoms with Crippen LogP contribution in [0, 0.1) is 13.8 Å². The third kappa shape index (κ3) is 5.39. The highest BCUT2D eigenvalue weighted by atomic mass is 16.2. The van der Waals surface area contributed by atoms with Crippen LogP contribution < -0.4 is 10.2 Å². The Kier molecular flexibility index (Phi) is 6.92. The molecule has 0 aromatic carbocycles. The van der Waals surface area contributed by atoms with Gasteiger partial charge in [0.05, 0.1) is 17.0 Å². The number of hydrogen-bond acceptors (Lipinski definition) is 6. The molecule has 168 valence electrons. The van der Waals surface area contributed by atoms with E-state index in [4.69, 9.17) is 0 Å². The summed E-state index contributed by atoms with van der Waals surface area (Å²) in [5.74, 6) is 0.493. The highest BCUT2D eigenvalue weighted by Gasteiger charge is 2.31. The molecular weight excluding hydrogens is 394 g/mol. The molecule has 0 saturated carbocycles. The molecule has 0 spiro atoms. The topological polar surface area (TPSA) is 96.3 Å². The average Bonchev–Trinajstić information content (AvgIpc) is 3.31. The lowest BCUT2D eigenvalue weighted by molar-refractivity contribution is -0.130. The molecule has 3 rings (SSSR count). The van der Waals surface area contributed by atoms with Crippen molar-refractivity contribution in [2.75, 3.05) is 32.1 Å². The van der Waals surface area contributed by atoms with Gasteiger partial charge >= 0.3 is 0 Å². The van der Waals surface area contributed by atoms with Gasteiger partial charge in [0.2, 0.25) is 11.9 Å². The van der Waals surface area contributed by atoms with E-state index >= 15 is 0 Å². The number of nitrogens with one attached hydrogen (secondary N) is 1. The standard InChI is InChI=1S/C22H33N7O2/c1-14(2)24-21(31)18-12-23-22(27(5)6)25-20(18)17-7-9-28(13-17)19(30)8-10-29-16(4)11-15(3)26-29/h11-12,14,17H,7-10,13H2,1-6H3,(H,24,31). The van der Waals surface area contributed by atoms with Crippen molar-refractivity contribution in [2.24, 2.45) is 0 Å². The summed E-state index contributed by atoms with van der Waals surface area (Å²) in [6, 6.07) is 2.03. The van der Waals surface area contributed by atoms with Gasteiger partial charge in [-0.2, -0.15) is 5.10 Å². The second-order valence-electron chi connectivity index (χ2n) is 8.72. The zero-order valence-corrected chi connectivity index (χ0v) is 19.3. The number of carbonyl (C=O) groups excluding carboxylic acids is 2. The summed E-state index contributed by atoms with van der Waals surface area (Å²) in [5, 5.41) is 7.36. The van der Waals surface area contributed by atoms with Gasteiger partial charge < -0.3 is 15.1 Å². The third-order valence-electron chi connectivity index (χ3n) is 5.44. The minimum atomic E-state index is -0.176. The first kappa shape index (κ1) is 22.7. The maximum absolute atomic E-state index is 12.8. The maximum atomic E-state index is 12.8. The van der Waals surface area contributed by atoms with Crippen LogP contribution in [0.3, 0.4) is 0 Å². The van der Waals surface area contributed by atoms with Crippen LogP contribution in [-0.2, 0) is 11.3 Å². The minimum absolute atomic E-state index is 0.00671. The molecule has 1 fully saturated rings. The van der Waals surface area contributed by atoms with Gasteiger partial charge in [0, 0.05) is 64.0 Å². The van der Waals surface area contributed by atoms with Gasteiger partial charge in [-0.05, 0) is 40.2 Å². The molecule has 9 nitrogen and oxygen atoms in total. The lowest BCUT2D eigenvalue weighted by Gasteiger charge is -2.20. The van der Waals surface area contributed by atoms with Crippen molar-refractivity contribution in [3.05, 3.63) is 34.9 Å². The Balaban J connectivity index is 1.72. The first-order chi connectivity index (χ1) is 14.7. The van der Waals surface area contributed by atoms with Gasteiger partial charge in [0.25, 0.3) is 5.91 Å². The zero-order chi connectivity index (χ0) is 22.7. The van der Waals surface area contributed by atoms with Crippen molar-refractivity contribution >= 4 is 17.8 Å². The summed E-state index contributed by atoms with van der Waals surface area (Å²) in [6.07, 6.45) is 2.78. The number of likely N-dealkylation sites (tertiary alicyclic amines) is 1. The van der Waals surface area contributed by atoms with Crippen molar-refractivity contribution < 1.29 is 9.59 Å². The van der Waals surface area contributed by atoms with Crippen molar-refractivity contribution in [3.8, 4) is 0 Å². The van der Waals surface area contributed by atoms with Gasteiger partial charge in [0.15, 0.2) is 0 Å². The smallest absolute Gasteiger partial charge is 0.254 e. The molecule has 2 amide bonds. The van der Waals surface area contributed by atoms with Crippen molar-refractivity contribution in [1.82, 2.24) is 30.0 Å². The molecule has 1 aliphatic heterocycles. The lowest BCUT2D eigenvalue weighted by atomic mass is 9.99. The van der Waals surface area contributed by atoms with Gasteiger partial charge in [-0.1, -0.05) is 0 Å². The number of anilines is 1. The van der Waals surface area contributed by atoms with Gasteiger partial charge in [0.1, 0.15) is 0 Å². The normalized spacial score (nSPS) is 16.1. The molecule has 1 saturated heterocycles. The third-order valence-corrected chi connectivity index (χ3v) is 5.44. The Hall–Kier alpha value is -2.97. The van der Waals surface area contributed by atoms with E-state index in [2.05, 4.69) is 20.4 Å². The Morgan fingerprint density at radius 1 is 1.29 bits per heavy atom. The Bertz CT molecular complexity index is 951. The van der Waals surface area contributed by atoms with Gasteiger partial charge in [-0.25, -0.2) is 9.97 Å². The van der Waals surface area contributed by atoms with E-state index < -0.39 is 0 Å². The number of aromatic nitrogens is 4. The van der Waals surface area contributed by atoms with Crippen LogP contribution >= 0.6 is 0 Å². The number of hydrogen-bond donors (Lipinski definition) is 1. The maximum Gasteiger partial charge on any atom is 0.254 e. The van der Waals surface area contributed by atoms with Crippen LogP contribution in [0.15, 0.2) is 12.3 Å². The Morgan fingerprint density at radius 3 is 2.65 bits per heavy atom. The van der Waals surface area contributed by atoms with E-state index in [1.54, 1.807) is 6.20 Å². The van der Waals surface area contributed by atoms with Crippen molar-refractivity contribution in [3.63, 3.8) is 0 Å². The highest BCUT2D eigenvalue weighted by Crippen LogP contribution is 2.29. The van der Waals surface area contributed by atoms with Crippen LogP contribution in [0.4, 0.5) is 5.95 Å². The molecule has 3 heterocycles. The Morgan fingerprint density at radius 2 is 2.03 bits per heavy atom. The van der Waals surface area contributed by atoms with E-state index in [9.17, 15) is 9.59 Å². The first-order valence-corrected chi connectivity index (χ1v) is 10.8. The zero-order valence-electron chi connectivity index (χ0n) is 19.3. The molecule has 2 aromatic heterocycles. The van der Waals surface area contributed by atoms with E-state index in [1.165, 1.54) is 0 Å². The van der Waals surface area contributed by atoms with Crippen molar-refractivity contribution in [1.29, 1.82) is 0 Å². The SMILES string of the molecule is Cc1cc(C)n(CCC(=O)N2CCC(c3nc(N(C)C)ncc3C(=O)NC(C)C)C2)n1. The van der Waals surface area contributed by atoms with Gasteiger partial charge in [-0.3, -0.25) is 14.3 Å². The number of amides is 2. The highest BCUT2D eigenvalue weighted by molar-refractivity contribution is 5.95. The molecule has 1 N–H and O–H groups in total. The molecule has 1 unspecified atom stereocenters. The molecule has 0 bridgehead atoms. The number of rotatable bonds is 7. The summed E-state index contributed by atoms with van der Waals surface area (Å²) in [6.45, 7) is 9.58. The summed E-state index contributed by atoms with van der Waals surface area (Å²) < 4.78 is 1.88. The number of aryl methyl sites for hydroxylation is 3. The monoisotopic (exact) mass is 427 g/mol. The van der Waals surface area contributed by atoms with Crippen LogP contribution in [0.1, 0.15) is 60.0 Å². The molecule has 0 aliphatic carbocycles. The molecule has 2 aromatic rings. The summed E-state index contributed by atoms with van der Waals surface area (Å²) >= 11 is 0. The predicted molar refractivity (Wildman–Crippen MR) is 119 cm³/mol. The van der Waals surface area contributed by atoms with E-state index in [-0.39, 0.29) is 23.8 Å². The molecular formula is C22H33N7O2. The second-order valence-corrected chi connectivity index (χ2v) is 8.72. The second kappa shape index (κ2) is 9.45. The first-order valence-electron chi connectivity index (χ1n) is 10.8. The predicted octanol–water partition coefficient (Wildman–Crippen LogP) is 1.90. The molecule has 1 aliphatic rings. The molecule has 0 radical (unpaired) electrons. The number of carbonyl (C=O) groups is 2. The summed E-state index contributed by atoms with van der Waals surface area (Å²) in [7, 11) is 3.74. The average molecular weight is 428 g/mol. The largest absolute Gasteiger partial charge is 0.350 e. The van der Waals surface area contributed by atoms with E-state index in [0.717, 1.165) is 17.8 Å². The summed E-state index contributed by atoms with van der Waals surface area (Å²) in [5.41, 5.74) is 3.22. The number of nitrogens with zero attached hydrogens (tertiary/aromatic N) is 6. The quantitative estimate of drug-likeness (QED) is 0.725. The molecule has 1 atom stereocenters. The lowest BCUT2D eigenvalue weighted by Crippen LogP contribution is -2.33. The van der Waals surface area contributed by atoms with Crippen molar-refractivity contribution in [2.45, 2.75) is 59.0 Å². The van der Waals surface area contributed by atoms with Crippen LogP contribution in [-0.4, -0.2) is 69.7 Å².